The van der Waals surface area contributed by atoms with Crippen molar-refractivity contribution in [2.24, 2.45) is 0 Å². The van der Waals surface area contributed by atoms with Gasteiger partial charge in [0.05, 0.1) is 4.92 Å². The molecular weight excluding hydrogens is 214 g/mol. The first-order chi connectivity index (χ1) is 5.11. The Labute approximate surface area is 70.5 Å². The van der Waals surface area contributed by atoms with Gasteiger partial charge in [0.15, 0.2) is 0 Å². The summed E-state index contributed by atoms with van der Waals surface area (Å²) in [6.07, 6.45) is 1.34. The molecule has 11 heavy (non-hydrogen) atoms. The monoisotopic (exact) mass is 216 g/mol. The van der Waals surface area contributed by atoms with Crippen molar-refractivity contribution >= 4 is 27.4 Å². The molecule has 0 saturated carbocycles. The van der Waals surface area contributed by atoms with E-state index in [1.165, 1.54) is 12.3 Å². The lowest BCUT2D eigenvalue weighted by Crippen LogP contribution is -1.91. The maximum absolute atomic E-state index is 10.2. The van der Waals surface area contributed by atoms with Gasteiger partial charge in [-0.3, -0.25) is 15.8 Å². The third-order valence-electron chi connectivity index (χ3n) is 1.03. The van der Waals surface area contributed by atoms with Gasteiger partial charge in [0.25, 0.3) is 0 Å². The van der Waals surface area contributed by atoms with Crippen LogP contribution in [0, 0.1) is 10.1 Å². The largest absolute Gasteiger partial charge is 0.314 e. The van der Waals surface area contributed by atoms with Gasteiger partial charge < -0.3 is 0 Å². The van der Waals surface area contributed by atoms with Crippen LogP contribution in [0.25, 0.3) is 0 Å². The van der Waals surface area contributed by atoms with Gasteiger partial charge in [0.1, 0.15) is 0 Å². The van der Waals surface area contributed by atoms with Crippen LogP contribution in [0.15, 0.2) is 16.7 Å². The predicted molar refractivity (Wildman–Crippen MR) is 41.3 cm³/mol. The van der Waals surface area contributed by atoms with Crippen LogP contribution in [-0.2, 0) is 0 Å². The lowest BCUT2D eigenvalue weighted by molar-refractivity contribution is -0.384. The standard InChI is InChI=1S/C5H3BrN3O2/c6-3-1-4(9(10)11)5(7)8-2-3/h1-2,7H. The minimum atomic E-state index is -0.639. The first-order valence-corrected chi connectivity index (χ1v) is 3.42. The molecule has 57 valence electrons. The zero-order chi connectivity index (χ0) is 8.43. The Hall–Kier alpha value is -1.17. The van der Waals surface area contributed by atoms with Gasteiger partial charge in [0.2, 0.25) is 5.82 Å². The van der Waals surface area contributed by atoms with Crippen molar-refractivity contribution in [2.45, 2.75) is 0 Å². The Morgan fingerprint density at radius 2 is 2.36 bits per heavy atom. The molecular formula is C5H3BrN3O2. The Balaban J connectivity index is 3.23. The number of hydrogen-bond donors (Lipinski definition) is 0. The van der Waals surface area contributed by atoms with Crippen LogP contribution < -0.4 is 5.73 Å². The highest BCUT2D eigenvalue weighted by molar-refractivity contribution is 9.10. The minimum absolute atomic E-state index is 0.292. The van der Waals surface area contributed by atoms with Crippen LogP contribution in [0.3, 0.4) is 0 Å². The second-order valence-electron chi connectivity index (χ2n) is 1.78. The van der Waals surface area contributed by atoms with E-state index >= 15 is 0 Å². The van der Waals surface area contributed by atoms with E-state index in [4.69, 9.17) is 5.73 Å². The van der Waals surface area contributed by atoms with Crippen molar-refractivity contribution in [1.82, 2.24) is 10.7 Å². The zero-order valence-corrected chi connectivity index (χ0v) is 6.83. The van der Waals surface area contributed by atoms with Gasteiger partial charge in [-0.1, -0.05) is 0 Å². The molecule has 0 aromatic carbocycles. The number of aromatic nitrogens is 1. The van der Waals surface area contributed by atoms with Crippen LogP contribution in [-0.4, -0.2) is 9.91 Å². The number of nitrogens with zero attached hydrogens (tertiary/aromatic N) is 2. The van der Waals surface area contributed by atoms with Crippen LogP contribution in [0.5, 0.6) is 0 Å². The molecule has 1 rings (SSSR count). The normalized spacial score (nSPS) is 9.55. The molecule has 0 spiro atoms. The van der Waals surface area contributed by atoms with Crippen LogP contribution in [0.2, 0.25) is 0 Å². The predicted octanol–water partition coefficient (Wildman–Crippen LogP) is 1.67. The van der Waals surface area contributed by atoms with Crippen LogP contribution in [0.1, 0.15) is 0 Å². The molecule has 1 aromatic heterocycles. The summed E-state index contributed by atoms with van der Waals surface area (Å²) >= 11 is 3.01. The van der Waals surface area contributed by atoms with E-state index < -0.39 is 4.92 Å². The molecule has 0 aliphatic rings. The van der Waals surface area contributed by atoms with Gasteiger partial charge in [-0.15, -0.1) is 0 Å². The molecule has 0 saturated heterocycles. The van der Waals surface area contributed by atoms with Gasteiger partial charge in [0, 0.05) is 16.7 Å². The highest BCUT2D eigenvalue weighted by atomic mass is 79.9. The average molecular weight is 217 g/mol. The first-order valence-electron chi connectivity index (χ1n) is 2.63. The van der Waals surface area contributed by atoms with E-state index in [1.54, 1.807) is 0 Å². The lowest BCUT2D eigenvalue weighted by atomic mass is 10.4. The Morgan fingerprint density at radius 3 is 2.82 bits per heavy atom. The highest BCUT2D eigenvalue weighted by Gasteiger charge is 2.12. The minimum Gasteiger partial charge on any atom is -0.277 e. The van der Waals surface area contributed by atoms with Crippen molar-refractivity contribution in [2.75, 3.05) is 0 Å². The molecule has 5 nitrogen and oxygen atoms in total. The summed E-state index contributed by atoms with van der Waals surface area (Å²) in [4.78, 5) is 13.0. The number of halogens is 1. The third-order valence-corrected chi connectivity index (χ3v) is 1.46. The summed E-state index contributed by atoms with van der Waals surface area (Å²) in [6, 6.07) is 1.25. The molecule has 1 heterocycles. The molecule has 0 amide bonds. The molecule has 0 unspecified atom stereocenters. The highest BCUT2D eigenvalue weighted by Crippen LogP contribution is 2.23. The maximum atomic E-state index is 10.2. The smallest absolute Gasteiger partial charge is 0.277 e. The molecule has 0 atom stereocenters. The molecule has 1 aromatic rings. The Bertz CT molecular complexity index is 302. The number of pyridine rings is 1. The van der Waals surface area contributed by atoms with E-state index in [0.717, 1.165) is 0 Å². The van der Waals surface area contributed by atoms with Crippen LogP contribution >= 0.6 is 15.9 Å². The van der Waals surface area contributed by atoms with Crippen molar-refractivity contribution in [3.63, 3.8) is 0 Å². The average Bonchev–Trinajstić information content (AvgIpc) is 1.94. The second-order valence-corrected chi connectivity index (χ2v) is 2.69. The fraction of sp³-hybridized carbons (Fsp3) is 0. The summed E-state index contributed by atoms with van der Waals surface area (Å²) < 4.78 is 0.500. The summed E-state index contributed by atoms with van der Waals surface area (Å²) in [5.41, 5.74) is 6.73. The van der Waals surface area contributed by atoms with Gasteiger partial charge in [-0.2, -0.15) is 0 Å². The molecule has 0 fully saturated rings. The van der Waals surface area contributed by atoms with Crippen LogP contribution in [0.4, 0.5) is 11.5 Å². The topological polar surface area (TPSA) is 79.8 Å². The van der Waals surface area contributed by atoms with E-state index in [2.05, 4.69) is 20.9 Å². The number of nitro groups is 1. The van der Waals surface area contributed by atoms with Crippen molar-refractivity contribution in [3.05, 3.63) is 26.9 Å². The van der Waals surface area contributed by atoms with Crippen molar-refractivity contribution in [3.8, 4) is 0 Å². The Kier molecular flexibility index (Phi) is 2.04. The number of rotatable bonds is 1. The molecule has 0 aliphatic carbocycles. The van der Waals surface area contributed by atoms with Crippen molar-refractivity contribution < 1.29 is 4.92 Å². The van der Waals surface area contributed by atoms with E-state index in [9.17, 15) is 10.1 Å². The number of nitrogens with one attached hydrogen (secondary N) is 1. The summed E-state index contributed by atoms with van der Waals surface area (Å²) in [5, 5.41) is 10.2. The fourth-order valence-electron chi connectivity index (χ4n) is 0.568. The molecule has 1 N–H and O–H groups in total. The molecule has 1 radical (unpaired) electrons. The van der Waals surface area contributed by atoms with Gasteiger partial charge in [-0.05, 0) is 15.9 Å². The summed E-state index contributed by atoms with van der Waals surface area (Å²) in [7, 11) is 0. The third kappa shape index (κ3) is 1.64. The molecule has 0 aliphatic heterocycles. The van der Waals surface area contributed by atoms with E-state index in [-0.39, 0.29) is 11.5 Å². The first kappa shape index (κ1) is 7.93. The molecule has 6 heteroatoms. The quantitative estimate of drug-likeness (QED) is 0.529. The maximum Gasteiger partial charge on any atom is 0.314 e. The van der Waals surface area contributed by atoms with E-state index in [1.807, 2.05) is 0 Å². The summed E-state index contributed by atoms with van der Waals surface area (Å²) in [5.74, 6) is -0.321. The van der Waals surface area contributed by atoms with Gasteiger partial charge >= 0.3 is 5.69 Å². The lowest BCUT2D eigenvalue weighted by Gasteiger charge is -1.93. The SMILES string of the molecule is [NH]c1ncc(Br)cc1[N+](=O)[O-]. The zero-order valence-electron chi connectivity index (χ0n) is 5.24. The van der Waals surface area contributed by atoms with E-state index in [0.29, 0.717) is 4.47 Å². The summed E-state index contributed by atoms with van der Waals surface area (Å²) in [6.45, 7) is 0. The fourth-order valence-corrected chi connectivity index (χ4v) is 0.887. The Morgan fingerprint density at radius 1 is 1.73 bits per heavy atom. The molecule has 0 bridgehead atoms. The van der Waals surface area contributed by atoms with Gasteiger partial charge in [-0.25, -0.2) is 4.98 Å². The second kappa shape index (κ2) is 2.83. The van der Waals surface area contributed by atoms with Crippen molar-refractivity contribution in [1.29, 1.82) is 0 Å². The number of hydrogen-bond acceptors (Lipinski definition) is 3.